The van der Waals surface area contributed by atoms with Crippen molar-refractivity contribution in [2.24, 2.45) is 11.8 Å². The Hall–Kier alpha value is -1.36. The lowest BCUT2D eigenvalue weighted by Gasteiger charge is -2.15. The average molecular weight is 237 g/mol. The van der Waals surface area contributed by atoms with E-state index in [0.717, 1.165) is 18.2 Å². The standard InChI is InChI=1S/C12H23N5/c1-9(2)5-4-6-10(3)15-11-7-8-14-12(16-11)17-13/h7-10H,4-6,13H2,1-3H3,(H2,14,15,16,17). The van der Waals surface area contributed by atoms with Gasteiger partial charge in [0.1, 0.15) is 5.82 Å². The van der Waals surface area contributed by atoms with E-state index < -0.39 is 0 Å². The summed E-state index contributed by atoms with van der Waals surface area (Å²) in [5, 5.41) is 3.34. The first kappa shape index (κ1) is 13.7. The van der Waals surface area contributed by atoms with E-state index in [-0.39, 0.29) is 0 Å². The fraction of sp³-hybridized carbons (Fsp3) is 0.667. The van der Waals surface area contributed by atoms with E-state index in [0.29, 0.717) is 12.0 Å². The van der Waals surface area contributed by atoms with Crippen LogP contribution in [0.2, 0.25) is 0 Å². The summed E-state index contributed by atoms with van der Waals surface area (Å²) in [6.07, 6.45) is 5.34. The van der Waals surface area contributed by atoms with Crippen molar-refractivity contribution in [3.05, 3.63) is 12.3 Å². The number of rotatable bonds is 7. The van der Waals surface area contributed by atoms with E-state index in [4.69, 9.17) is 5.84 Å². The van der Waals surface area contributed by atoms with Crippen molar-refractivity contribution in [3.8, 4) is 0 Å². The molecular weight excluding hydrogens is 214 g/mol. The highest BCUT2D eigenvalue weighted by atomic mass is 15.3. The smallest absolute Gasteiger partial charge is 0.239 e. The zero-order chi connectivity index (χ0) is 12.7. The molecule has 4 N–H and O–H groups in total. The lowest BCUT2D eigenvalue weighted by atomic mass is 10.0. The number of nitrogens with zero attached hydrogens (tertiary/aromatic N) is 2. The van der Waals surface area contributed by atoms with Gasteiger partial charge in [0.05, 0.1) is 0 Å². The van der Waals surface area contributed by atoms with Crippen LogP contribution in [-0.2, 0) is 0 Å². The van der Waals surface area contributed by atoms with Gasteiger partial charge in [-0.25, -0.2) is 10.8 Å². The second-order valence-corrected chi connectivity index (χ2v) is 4.78. The Kier molecular flexibility index (Phi) is 5.69. The minimum atomic E-state index is 0.411. The summed E-state index contributed by atoms with van der Waals surface area (Å²) >= 11 is 0. The maximum atomic E-state index is 5.26. The van der Waals surface area contributed by atoms with E-state index in [1.807, 2.05) is 6.07 Å². The van der Waals surface area contributed by atoms with Crippen LogP contribution >= 0.6 is 0 Å². The minimum absolute atomic E-state index is 0.411. The predicted molar refractivity (Wildman–Crippen MR) is 71.6 cm³/mol. The molecule has 0 amide bonds. The Balaban J connectivity index is 2.36. The molecule has 96 valence electrons. The van der Waals surface area contributed by atoms with E-state index in [1.54, 1.807) is 6.20 Å². The highest BCUT2D eigenvalue weighted by molar-refractivity contribution is 5.39. The van der Waals surface area contributed by atoms with Gasteiger partial charge in [-0.1, -0.05) is 26.7 Å². The van der Waals surface area contributed by atoms with Gasteiger partial charge in [-0.05, 0) is 25.3 Å². The Morgan fingerprint density at radius 1 is 1.29 bits per heavy atom. The molecule has 0 saturated heterocycles. The molecule has 1 heterocycles. The number of aromatic nitrogens is 2. The van der Waals surface area contributed by atoms with Crippen molar-refractivity contribution in [1.29, 1.82) is 0 Å². The number of hydrogen-bond acceptors (Lipinski definition) is 5. The first-order valence-corrected chi connectivity index (χ1v) is 6.18. The van der Waals surface area contributed by atoms with E-state index in [9.17, 15) is 0 Å². The number of hydrogen-bond donors (Lipinski definition) is 3. The molecule has 1 atom stereocenters. The van der Waals surface area contributed by atoms with Crippen molar-refractivity contribution in [2.75, 3.05) is 10.7 Å². The number of nitrogens with two attached hydrogens (primary N) is 1. The number of nitrogens with one attached hydrogen (secondary N) is 2. The topological polar surface area (TPSA) is 75.9 Å². The van der Waals surface area contributed by atoms with Crippen LogP contribution in [0.25, 0.3) is 0 Å². The molecule has 5 nitrogen and oxygen atoms in total. The highest BCUT2D eigenvalue weighted by Crippen LogP contribution is 2.12. The van der Waals surface area contributed by atoms with Crippen molar-refractivity contribution in [2.45, 2.75) is 46.1 Å². The molecule has 0 fully saturated rings. The summed E-state index contributed by atoms with van der Waals surface area (Å²) in [5.41, 5.74) is 2.44. The maximum Gasteiger partial charge on any atom is 0.239 e. The van der Waals surface area contributed by atoms with E-state index in [1.165, 1.54) is 12.8 Å². The monoisotopic (exact) mass is 237 g/mol. The van der Waals surface area contributed by atoms with Crippen molar-refractivity contribution in [3.63, 3.8) is 0 Å². The van der Waals surface area contributed by atoms with Crippen LogP contribution in [-0.4, -0.2) is 16.0 Å². The molecule has 0 saturated carbocycles. The Morgan fingerprint density at radius 3 is 2.71 bits per heavy atom. The molecule has 0 aliphatic heterocycles. The van der Waals surface area contributed by atoms with E-state index >= 15 is 0 Å². The van der Waals surface area contributed by atoms with Gasteiger partial charge in [0.2, 0.25) is 5.95 Å². The van der Waals surface area contributed by atoms with Gasteiger partial charge in [-0.3, -0.25) is 5.43 Å². The Bertz CT molecular complexity index is 326. The summed E-state index contributed by atoms with van der Waals surface area (Å²) in [6.45, 7) is 6.67. The molecule has 1 unspecified atom stereocenters. The van der Waals surface area contributed by atoms with Crippen LogP contribution in [0.4, 0.5) is 11.8 Å². The van der Waals surface area contributed by atoms with Gasteiger partial charge in [-0.15, -0.1) is 0 Å². The van der Waals surface area contributed by atoms with Crippen molar-refractivity contribution < 1.29 is 0 Å². The number of anilines is 2. The molecule has 0 radical (unpaired) electrons. The van der Waals surface area contributed by atoms with Crippen molar-refractivity contribution >= 4 is 11.8 Å². The normalized spacial score (nSPS) is 12.5. The molecule has 0 spiro atoms. The minimum Gasteiger partial charge on any atom is -0.367 e. The Labute approximate surface area is 103 Å². The molecule has 5 heteroatoms. The van der Waals surface area contributed by atoms with Crippen LogP contribution < -0.4 is 16.6 Å². The van der Waals surface area contributed by atoms with Crippen LogP contribution in [0, 0.1) is 5.92 Å². The summed E-state index contributed by atoms with van der Waals surface area (Å²) in [7, 11) is 0. The number of hydrazine groups is 1. The summed E-state index contributed by atoms with van der Waals surface area (Å²) in [6, 6.07) is 2.26. The molecule has 0 aromatic carbocycles. The second kappa shape index (κ2) is 7.06. The second-order valence-electron chi connectivity index (χ2n) is 4.78. The molecular formula is C12H23N5. The van der Waals surface area contributed by atoms with Gasteiger partial charge in [0.15, 0.2) is 0 Å². The molecule has 1 aromatic rings. The maximum absolute atomic E-state index is 5.26. The van der Waals surface area contributed by atoms with Crippen LogP contribution in [0.1, 0.15) is 40.0 Å². The van der Waals surface area contributed by atoms with E-state index in [2.05, 4.69) is 41.5 Å². The van der Waals surface area contributed by atoms with Gasteiger partial charge < -0.3 is 5.32 Å². The third-order valence-electron chi connectivity index (χ3n) is 2.60. The first-order valence-electron chi connectivity index (χ1n) is 6.18. The lowest BCUT2D eigenvalue weighted by Crippen LogP contribution is -2.17. The molecule has 0 aliphatic carbocycles. The number of nitrogen functional groups attached to an aromatic ring is 1. The third-order valence-corrected chi connectivity index (χ3v) is 2.60. The fourth-order valence-electron chi connectivity index (χ4n) is 1.67. The van der Waals surface area contributed by atoms with Crippen LogP contribution in [0.5, 0.6) is 0 Å². The first-order chi connectivity index (χ1) is 8.11. The highest BCUT2D eigenvalue weighted by Gasteiger charge is 2.04. The summed E-state index contributed by atoms with van der Waals surface area (Å²) < 4.78 is 0. The molecule has 17 heavy (non-hydrogen) atoms. The van der Waals surface area contributed by atoms with Crippen LogP contribution in [0.15, 0.2) is 12.3 Å². The quantitative estimate of drug-likeness (QED) is 0.501. The average Bonchev–Trinajstić information content (AvgIpc) is 2.28. The van der Waals surface area contributed by atoms with Crippen molar-refractivity contribution in [1.82, 2.24) is 9.97 Å². The largest absolute Gasteiger partial charge is 0.367 e. The van der Waals surface area contributed by atoms with Crippen LogP contribution in [0.3, 0.4) is 0 Å². The summed E-state index contributed by atoms with van der Waals surface area (Å²) in [5.74, 6) is 7.28. The molecule has 0 aliphatic rings. The molecule has 1 rings (SSSR count). The van der Waals surface area contributed by atoms with Gasteiger partial charge >= 0.3 is 0 Å². The summed E-state index contributed by atoms with van der Waals surface area (Å²) in [4.78, 5) is 8.18. The van der Waals surface area contributed by atoms with Gasteiger partial charge in [-0.2, -0.15) is 4.98 Å². The molecule has 0 bridgehead atoms. The SMILES string of the molecule is CC(C)CCCC(C)Nc1ccnc(NN)n1. The predicted octanol–water partition coefficient (Wildman–Crippen LogP) is 2.39. The van der Waals surface area contributed by atoms with Gasteiger partial charge in [0.25, 0.3) is 0 Å². The zero-order valence-corrected chi connectivity index (χ0v) is 10.9. The Morgan fingerprint density at radius 2 is 2.06 bits per heavy atom. The zero-order valence-electron chi connectivity index (χ0n) is 10.9. The molecule has 1 aromatic heterocycles. The fourth-order valence-corrected chi connectivity index (χ4v) is 1.67. The van der Waals surface area contributed by atoms with Gasteiger partial charge in [0, 0.05) is 12.2 Å². The third kappa shape index (κ3) is 5.49. The lowest BCUT2D eigenvalue weighted by molar-refractivity contribution is 0.520.